The molecule has 3 heterocycles. The third-order valence-corrected chi connectivity index (χ3v) is 3.87. The summed E-state index contributed by atoms with van der Waals surface area (Å²) in [6.45, 7) is 1.17. The smallest absolute Gasteiger partial charge is 0.226 e. The number of fused-ring (bicyclic) bond motifs is 1. The summed E-state index contributed by atoms with van der Waals surface area (Å²) in [4.78, 5) is 11.3. The van der Waals surface area contributed by atoms with E-state index >= 15 is 0 Å². The summed E-state index contributed by atoms with van der Waals surface area (Å²) in [5.41, 5.74) is 0.743. The second-order valence-corrected chi connectivity index (χ2v) is 5.11. The molecule has 0 radical (unpaired) electrons. The first-order chi connectivity index (χ1) is 9.83. The molecule has 1 fully saturated rings. The number of rotatable bonds is 4. The first-order valence-electron chi connectivity index (χ1n) is 7.10. The molecule has 7 nitrogen and oxygen atoms in total. The summed E-state index contributed by atoms with van der Waals surface area (Å²) in [5.74, 6) is 1.50. The molecule has 7 heteroatoms. The molecular formula is C13H20N6O. The maximum atomic E-state index is 9.27. The van der Waals surface area contributed by atoms with E-state index in [2.05, 4.69) is 30.4 Å². The summed E-state index contributed by atoms with van der Waals surface area (Å²) in [6, 6.07) is 0.339. The van der Waals surface area contributed by atoms with Crippen molar-refractivity contribution in [3.05, 3.63) is 6.20 Å². The van der Waals surface area contributed by atoms with Crippen molar-refractivity contribution < 1.29 is 5.11 Å². The molecule has 1 aliphatic heterocycles. The van der Waals surface area contributed by atoms with E-state index in [4.69, 9.17) is 0 Å². The lowest BCUT2D eigenvalue weighted by atomic mass is 9.99. The van der Waals surface area contributed by atoms with Gasteiger partial charge in [0.15, 0.2) is 5.65 Å². The van der Waals surface area contributed by atoms with Gasteiger partial charge in [-0.05, 0) is 25.7 Å². The van der Waals surface area contributed by atoms with Crippen LogP contribution >= 0.6 is 0 Å². The molecule has 20 heavy (non-hydrogen) atoms. The summed E-state index contributed by atoms with van der Waals surface area (Å²) >= 11 is 0. The lowest BCUT2D eigenvalue weighted by molar-refractivity contribution is 0.262. The van der Waals surface area contributed by atoms with Crippen molar-refractivity contribution in [3.63, 3.8) is 0 Å². The van der Waals surface area contributed by atoms with Crippen LogP contribution in [0.5, 0.6) is 0 Å². The Balaban J connectivity index is 2.04. The van der Waals surface area contributed by atoms with E-state index in [9.17, 15) is 5.11 Å². The predicted molar refractivity (Wildman–Crippen MR) is 77.9 cm³/mol. The predicted octanol–water partition coefficient (Wildman–Crippen LogP) is 1.14. The Morgan fingerprint density at radius 3 is 3.15 bits per heavy atom. The fourth-order valence-corrected chi connectivity index (χ4v) is 2.88. The maximum Gasteiger partial charge on any atom is 0.226 e. The van der Waals surface area contributed by atoms with Crippen LogP contribution in [0.4, 0.5) is 11.8 Å². The highest BCUT2D eigenvalue weighted by atomic mass is 16.3. The number of hydrogen-bond acceptors (Lipinski definition) is 6. The highest BCUT2D eigenvalue weighted by Gasteiger charge is 2.25. The SMILES string of the molecule is CNc1nc(N2CCCCC2CCO)c2cn[nH]c2n1. The summed E-state index contributed by atoms with van der Waals surface area (Å²) in [7, 11) is 1.81. The number of hydrogen-bond donors (Lipinski definition) is 3. The fraction of sp³-hybridized carbons (Fsp3) is 0.615. The van der Waals surface area contributed by atoms with Gasteiger partial charge in [-0.25, -0.2) is 0 Å². The number of anilines is 2. The minimum Gasteiger partial charge on any atom is -0.396 e. The number of nitrogens with zero attached hydrogens (tertiary/aromatic N) is 4. The van der Waals surface area contributed by atoms with E-state index in [1.54, 1.807) is 6.20 Å². The second-order valence-electron chi connectivity index (χ2n) is 5.11. The molecule has 1 saturated heterocycles. The molecule has 2 aromatic rings. The van der Waals surface area contributed by atoms with Gasteiger partial charge in [0, 0.05) is 26.2 Å². The average Bonchev–Trinajstić information content (AvgIpc) is 2.95. The lowest BCUT2D eigenvalue weighted by Crippen LogP contribution is -2.40. The van der Waals surface area contributed by atoms with Crippen LogP contribution in [-0.4, -0.2) is 51.5 Å². The topological polar surface area (TPSA) is 90.0 Å². The normalized spacial score (nSPS) is 19.5. The Morgan fingerprint density at radius 1 is 1.45 bits per heavy atom. The zero-order valence-corrected chi connectivity index (χ0v) is 11.6. The average molecular weight is 276 g/mol. The van der Waals surface area contributed by atoms with E-state index in [1.165, 1.54) is 6.42 Å². The summed E-state index contributed by atoms with van der Waals surface area (Å²) in [5, 5.41) is 20.2. The first kappa shape index (κ1) is 13.1. The Bertz CT molecular complexity index is 581. The molecule has 0 spiro atoms. The maximum absolute atomic E-state index is 9.27. The number of nitrogens with one attached hydrogen (secondary N) is 2. The van der Waals surface area contributed by atoms with E-state index in [1.807, 2.05) is 7.05 Å². The van der Waals surface area contributed by atoms with E-state index in [-0.39, 0.29) is 6.61 Å². The van der Waals surface area contributed by atoms with Gasteiger partial charge in [-0.2, -0.15) is 15.1 Å². The molecule has 0 saturated carbocycles. The number of aromatic nitrogens is 4. The molecule has 0 aliphatic carbocycles. The van der Waals surface area contributed by atoms with Crippen molar-refractivity contribution in [1.82, 2.24) is 20.2 Å². The molecule has 0 amide bonds. The Morgan fingerprint density at radius 2 is 2.35 bits per heavy atom. The number of aromatic amines is 1. The van der Waals surface area contributed by atoms with Crippen LogP contribution in [0.1, 0.15) is 25.7 Å². The molecule has 2 aromatic heterocycles. The molecule has 1 unspecified atom stereocenters. The van der Waals surface area contributed by atoms with Crippen LogP contribution in [-0.2, 0) is 0 Å². The summed E-state index contributed by atoms with van der Waals surface area (Å²) in [6.07, 6.45) is 6.01. The second kappa shape index (κ2) is 5.62. The number of aliphatic hydroxyl groups excluding tert-OH is 1. The molecule has 1 atom stereocenters. The van der Waals surface area contributed by atoms with Gasteiger partial charge in [0.05, 0.1) is 11.6 Å². The minimum atomic E-state index is 0.208. The molecule has 3 rings (SSSR count). The molecule has 1 aliphatic rings. The molecule has 3 N–H and O–H groups in total. The van der Waals surface area contributed by atoms with Crippen LogP contribution in [0.3, 0.4) is 0 Å². The largest absolute Gasteiger partial charge is 0.396 e. The van der Waals surface area contributed by atoms with E-state index in [0.717, 1.165) is 42.7 Å². The fourth-order valence-electron chi connectivity index (χ4n) is 2.88. The Kier molecular flexibility index (Phi) is 3.68. The molecular weight excluding hydrogens is 256 g/mol. The van der Waals surface area contributed by atoms with Crippen molar-refractivity contribution >= 4 is 22.8 Å². The quantitative estimate of drug-likeness (QED) is 0.776. The number of piperidine rings is 1. The lowest BCUT2D eigenvalue weighted by Gasteiger charge is -2.36. The number of H-pyrrole nitrogens is 1. The Hall–Kier alpha value is -1.89. The highest BCUT2D eigenvalue weighted by molar-refractivity contribution is 5.87. The first-order valence-corrected chi connectivity index (χ1v) is 7.10. The van der Waals surface area contributed by atoms with Crippen LogP contribution in [0.15, 0.2) is 6.20 Å². The van der Waals surface area contributed by atoms with E-state index < -0.39 is 0 Å². The van der Waals surface area contributed by atoms with Crippen molar-refractivity contribution in [2.45, 2.75) is 31.7 Å². The molecule has 0 aromatic carbocycles. The van der Waals surface area contributed by atoms with Gasteiger partial charge >= 0.3 is 0 Å². The highest BCUT2D eigenvalue weighted by Crippen LogP contribution is 2.30. The minimum absolute atomic E-state index is 0.208. The Labute approximate surface area is 117 Å². The van der Waals surface area contributed by atoms with Gasteiger partial charge in [0.1, 0.15) is 5.82 Å². The van der Waals surface area contributed by atoms with Crippen LogP contribution < -0.4 is 10.2 Å². The third kappa shape index (κ3) is 2.29. The van der Waals surface area contributed by atoms with E-state index in [0.29, 0.717) is 12.0 Å². The van der Waals surface area contributed by atoms with Crippen LogP contribution in [0.25, 0.3) is 11.0 Å². The zero-order valence-electron chi connectivity index (χ0n) is 11.6. The van der Waals surface area contributed by atoms with Crippen LogP contribution in [0, 0.1) is 0 Å². The van der Waals surface area contributed by atoms with Crippen molar-refractivity contribution in [1.29, 1.82) is 0 Å². The van der Waals surface area contributed by atoms with Gasteiger partial charge in [-0.3, -0.25) is 5.10 Å². The zero-order chi connectivity index (χ0) is 13.9. The van der Waals surface area contributed by atoms with Crippen LogP contribution in [0.2, 0.25) is 0 Å². The van der Waals surface area contributed by atoms with Crippen molar-refractivity contribution in [3.8, 4) is 0 Å². The number of aliphatic hydroxyl groups is 1. The van der Waals surface area contributed by atoms with Gasteiger partial charge < -0.3 is 15.3 Å². The monoisotopic (exact) mass is 276 g/mol. The van der Waals surface area contributed by atoms with Crippen molar-refractivity contribution in [2.75, 3.05) is 30.4 Å². The third-order valence-electron chi connectivity index (χ3n) is 3.87. The summed E-state index contributed by atoms with van der Waals surface area (Å²) < 4.78 is 0. The standard InChI is InChI=1S/C13H20N6O/c1-14-13-16-11-10(8-15-18-11)12(17-13)19-6-3-2-4-9(19)5-7-20/h8-9,20H,2-7H2,1H3,(H2,14,15,16,17,18). The van der Waals surface area contributed by atoms with Gasteiger partial charge in [-0.1, -0.05) is 0 Å². The molecule has 108 valence electrons. The van der Waals surface area contributed by atoms with Crippen molar-refractivity contribution in [2.24, 2.45) is 0 Å². The van der Waals surface area contributed by atoms with Gasteiger partial charge in [0.2, 0.25) is 5.95 Å². The van der Waals surface area contributed by atoms with Gasteiger partial charge in [-0.15, -0.1) is 0 Å². The van der Waals surface area contributed by atoms with Gasteiger partial charge in [0.25, 0.3) is 0 Å². The molecule has 0 bridgehead atoms.